The van der Waals surface area contributed by atoms with Gasteiger partial charge in [0.05, 0.1) is 10.4 Å². The largest absolute Gasteiger partial charge is 0.448 e. The van der Waals surface area contributed by atoms with E-state index in [9.17, 15) is 18.0 Å². The molecule has 0 aliphatic carbocycles. The highest BCUT2D eigenvalue weighted by atomic mass is 32.2. The summed E-state index contributed by atoms with van der Waals surface area (Å²) < 4.78 is 31.9. The number of esters is 1. The highest BCUT2D eigenvalue weighted by Crippen LogP contribution is 2.22. The molecular weight excluding hydrogens is 420 g/mol. The minimum Gasteiger partial charge on any atom is -0.448 e. The van der Waals surface area contributed by atoms with Gasteiger partial charge in [-0.25, -0.2) is 13.2 Å². The van der Waals surface area contributed by atoms with Gasteiger partial charge in [-0.2, -0.15) is 9.40 Å². The van der Waals surface area contributed by atoms with E-state index in [1.807, 2.05) is 6.07 Å². The van der Waals surface area contributed by atoms with E-state index in [4.69, 9.17) is 4.74 Å². The maximum absolute atomic E-state index is 12.6. The fraction of sp³-hybridized carbons (Fsp3) is 0.286. The number of benzene rings is 2. The van der Waals surface area contributed by atoms with Crippen molar-refractivity contribution in [2.45, 2.75) is 30.8 Å². The lowest BCUT2D eigenvalue weighted by Gasteiger charge is -2.16. The smallest absolute Gasteiger partial charge is 0.360 e. The predicted octanol–water partition coefficient (Wildman–Crippen LogP) is 2.53. The first kappa shape index (κ1) is 21.0. The number of nitrogens with zero attached hydrogens (tertiary/aromatic N) is 2. The topological polar surface area (TPSA) is 121 Å². The molecule has 1 atom stereocenters. The lowest BCUT2D eigenvalue weighted by molar-refractivity contribution is -0.123. The Kier molecular flexibility index (Phi) is 5.75. The summed E-state index contributed by atoms with van der Waals surface area (Å²) in [6.07, 6.45) is 0.645. The number of nitrogens with one attached hydrogen (secondary N) is 2. The third-order valence-electron chi connectivity index (χ3n) is 5.14. The van der Waals surface area contributed by atoms with Crippen molar-refractivity contribution in [2.75, 3.05) is 18.4 Å². The predicted molar refractivity (Wildman–Crippen MR) is 114 cm³/mol. The van der Waals surface area contributed by atoms with Gasteiger partial charge in [-0.15, -0.1) is 0 Å². The summed E-state index contributed by atoms with van der Waals surface area (Å²) in [6, 6.07) is 13.0. The summed E-state index contributed by atoms with van der Waals surface area (Å²) in [5, 5.41) is 9.94. The van der Waals surface area contributed by atoms with E-state index in [0.717, 1.165) is 12.8 Å². The van der Waals surface area contributed by atoms with Crippen LogP contribution in [0.25, 0.3) is 10.9 Å². The Bertz CT molecular complexity index is 1210. The summed E-state index contributed by atoms with van der Waals surface area (Å²) >= 11 is 0. The van der Waals surface area contributed by atoms with Gasteiger partial charge in [0, 0.05) is 24.2 Å². The lowest BCUT2D eigenvalue weighted by atomic mass is 10.2. The molecule has 0 saturated carbocycles. The zero-order valence-corrected chi connectivity index (χ0v) is 17.7. The maximum Gasteiger partial charge on any atom is 0.360 e. The Morgan fingerprint density at radius 3 is 2.48 bits per heavy atom. The number of rotatable bonds is 6. The number of H-pyrrole nitrogens is 1. The average molecular weight is 442 g/mol. The van der Waals surface area contributed by atoms with E-state index in [1.165, 1.54) is 35.5 Å². The van der Waals surface area contributed by atoms with Gasteiger partial charge in [-0.05, 0) is 50.1 Å². The summed E-state index contributed by atoms with van der Waals surface area (Å²) in [7, 11) is -3.52. The number of amides is 1. The van der Waals surface area contributed by atoms with Crippen molar-refractivity contribution >= 4 is 38.5 Å². The van der Waals surface area contributed by atoms with Crippen LogP contribution in [0.3, 0.4) is 0 Å². The summed E-state index contributed by atoms with van der Waals surface area (Å²) in [5.41, 5.74) is 1.20. The van der Waals surface area contributed by atoms with Gasteiger partial charge >= 0.3 is 5.97 Å². The van der Waals surface area contributed by atoms with Gasteiger partial charge in [-0.1, -0.05) is 18.2 Å². The number of sulfonamides is 1. The number of carbonyl (C=O) groups excluding carboxylic acids is 2. The zero-order chi connectivity index (χ0) is 22.0. The second-order valence-electron chi connectivity index (χ2n) is 7.29. The molecule has 9 nitrogen and oxygen atoms in total. The SMILES string of the molecule is C[C@H](OC(=O)c1n[nH]c2ccccc12)C(=O)Nc1ccc(S(=O)(=O)N2CCCC2)cc1. The van der Waals surface area contributed by atoms with Gasteiger partial charge < -0.3 is 10.1 Å². The van der Waals surface area contributed by atoms with Gasteiger partial charge in [0.2, 0.25) is 10.0 Å². The molecule has 1 amide bonds. The fourth-order valence-electron chi connectivity index (χ4n) is 3.42. The van der Waals surface area contributed by atoms with Crippen LogP contribution in [0, 0.1) is 0 Å². The first-order valence-electron chi connectivity index (χ1n) is 9.91. The molecule has 0 radical (unpaired) electrons. The maximum atomic E-state index is 12.6. The van der Waals surface area contributed by atoms with Crippen LogP contribution in [0.4, 0.5) is 5.69 Å². The normalized spacial score (nSPS) is 15.6. The molecule has 1 aromatic heterocycles. The molecule has 1 saturated heterocycles. The van der Waals surface area contributed by atoms with Crippen LogP contribution in [0.5, 0.6) is 0 Å². The Morgan fingerprint density at radius 2 is 1.77 bits per heavy atom. The fourth-order valence-corrected chi connectivity index (χ4v) is 4.94. The van der Waals surface area contributed by atoms with Crippen molar-refractivity contribution < 1.29 is 22.7 Å². The quantitative estimate of drug-likeness (QED) is 0.566. The molecule has 2 N–H and O–H groups in total. The molecule has 2 aromatic carbocycles. The molecule has 31 heavy (non-hydrogen) atoms. The van der Waals surface area contributed by atoms with Crippen molar-refractivity contribution in [1.82, 2.24) is 14.5 Å². The molecule has 4 rings (SSSR count). The van der Waals surface area contributed by atoms with Crippen LogP contribution >= 0.6 is 0 Å². The molecular formula is C21H22N4O5S. The highest BCUT2D eigenvalue weighted by molar-refractivity contribution is 7.89. The summed E-state index contributed by atoms with van der Waals surface area (Å²) in [5.74, 6) is -1.25. The van der Waals surface area contributed by atoms with Crippen LogP contribution < -0.4 is 5.32 Å². The first-order chi connectivity index (χ1) is 14.9. The molecule has 1 fully saturated rings. The van der Waals surface area contributed by atoms with Crippen molar-refractivity contribution in [1.29, 1.82) is 0 Å². The van der Waals surface area contributed by atoms with E-state index in [0.29, 0.717) is 29.7 Å². The molecule has 1 aliphatic rings. The minimum atomic E-state index is -3.52. The van der Waals surface area contributed by atoms with Gasteiger partial charge in [0.25, 0.3) is 5.91 Å². The van der Waals surface area contributed by atoms with Crippen molar-refractivity contribution in [3.05, 3.63) is 54.2 Å². The van der Waals surface area contributed by atoms with E-state index in [-0.39, 0.29) is 10.6 Å². The molecule has 0 bridgehead atoms. The molecule has 3 aromatic rings. The zero-order valence-electron chi connectivity index (χ0n) is 16.9. The van der Waals surface area contributed by atoms with E-state index in [2.05, 4.69) is 15.5 Å². The lowest BCUT2D eigenvalue weighted by Crippen LogP contribution is -2.30. The van der Waals surface area contributed by atoms with Crippen LogP contribution in [-0.4, -0.2) is 54.0 Å². The summed E-state index contributed by atoms with van der Waals surface area (Å²) in [4.78, 5) is 25.0. The number of aromatic amines is 1. The third-order valence-corrected chi connectivity index (χ3v) is 7.05. The number of hydrogen-bond donors (Lipinski definition) is 2. The van der Waals surface area contributed by atoms with Gasteiger partial charge in [0.15, 0.2) is 11.8 Å². The summed E-state index contributed by atoms with van der Waals surface area (Å²) in [6.45, 7) is 2.50. The number of carbonyl (C=O) groups is 2. The van der Waals surface area contributed by atoms with Gasteiger partial charge in [0.1, 0.15) is 0 Å². The second-order valence-corrected chi connectivity index (χ2v) is 9.23. The number of fused-ring (bicyclic) bond motifs is 1. The molecule has 0 spiro atoms. The van der Waals surface area contributed by atoms with Crippen LogP contribution in [0.1, 0.15) is 30.3 Å². The average Bonchev–Trinajstić information content (AvgIpc) is 3.44. The number of anilines is 1. The Labute approximate surface area is 179 Å². The van der Waals surface area contributed by atoms with E-state index < -0.39 is 28.0 Å². The molecule has 10 heteroatoms. The Hall–Kier alpha value is -3.24. The first-order valence-corrected chi connectivity index (χ1v) is 11.4. The van der Waals surface area contributed by atoms with Crippen molar-refractivity contribution in [3.8, 4) is 0 Å². The van der Waals surface area contributed by atoms with Crippen LogP contribution in [-0.2, 0) is 19.6 Å². The monoisotopic (exact) mass is 442 g/mol. The van der Waals surface area contributed by atoms with Gasteiger partial charge in [-0.3, -0.25) is 9.89 Å². The number of aromatic nitrogens is 2. The molecule has 0 unspecified atom stereocenters. The van der Waals surface area contributed by atoms with E-state index >= 15 is 0 Å². The minimum absolute atomic E-state index is 0.103. The van der Waals surface area contributed by atoms with Crippen LogP contribution in [0.15, 0.2) is 53.4 Å². The number of hydrogen-bond acceptors (Lipinski definition) is 6. The third kappa shape index (κ3) is 4.30. The van der Waals surface area contributed by atoms with E-state index in [1.54, 1.807) is 18.2 Å². The standard InChI is InChI=1S/C21H22N4O5S/c1-14(30-21(27)19-17-6-2-3-7-18(17)23-24-19)20(26)22-15-8-10-16(11-9-15)31(28,29)25-12-4-5-13-25/h2-3,6-11,14H,4-5,12-13H2,1H3,(H,22,26)(H,23,24)/t14-/m0/s1. The Balaban J connectivity index is 1.39. The Morgan fingerprint density at radius 1 is 1.10 bits per heavy atom. The molecule has 1 aliphatic heterocycles. The number of ether oxygens (including phenoxy) is 1. The van der Waals surface area contributed by atoms with Crippen molar-refractivity contribution in [3.63, 3.8) is 0 Å². The van der Waals surface area contributed by atoms with Crippen molar-refractivity contribution in [2.24, 2.45) is 0 Å². The molecule has 162 valence electrons. The molecule has 2 heterocycles. The van der Waals surface area contributed by atoms with Crippen LogP contribution in [0.2, 0.25) is 0 Å². The number of para-hydroxylation sites is 1. The second kappa shape index (κ2) is 8.48. The highest BCUT2D eigenvalue weighted by Gasteiger charge is 2.27.